The average Bonchev–Trinajstić information content (AvgIpc) is 3.40. The van der Waals surface area contributed by atoms with E-state index in [0.29, 0.717) is 6.42 Å². The number of hydrogen-bond donors (Lipinski definition) is 1. The minimum Gasteiger partial charge on any atom is -0.453 e. The summed E-state index contributed by atoms with van der Waals surface area (Å²) < 4.78 is 20.4. The van der Waals surface area contributed by atoms with Crippen LogP contribution in [0.2, 0.25) is 0 Å². The zero-order chi connectivity index (χ0) is 20.6. The highest BCUT2D eigenvalue weighted by atomic mass is 31.2. The third-order valence-electron chi connectivity index (χ3n) is 6.02. The number of rotatable bonds is 5. The largest absolute Gasteiger partial charge is 0.453 e. The number of benzene rings is 3. The number of esters is 1. The first-order chi connectivity index (χ1) is 14.6. The van der Waals surface area contributed by atoms with Crippen molar-refractivity contribution in [2.24, 2.45) is 0 Å². The molecule has 1 heterocycles. The maximum absolute atomic E-state index is 14.7. The SMILES string of the molecule is O=C1C=C[C@H]([C@]2(NP(=O)(c3ccccc3)c3ccccc3)CCc3ccccc32)O1. The minimum absolute atomic E-state index is 0.361. The molecule has 1 N–H and O–H groups in total. The molecule has 0 spiro atoms. The van der Waals surface area contributed by atoms with Gasteiger partial charge in [0.15, 0.2) is 0 Å². The standard InChI is InChI=1S/C25H22NO3P/c27-24-16-15-23(29-24)25(18-17-19-9-7-8-14-22(19)25)26-30(28,20-10-3-1-4-11-20)21-12-5-2-6-13-21/h1-16,23H,17-18H2,(H,26,28)/t23-,25+/m1/s1. The molecule has 0 aromatic heterocycles. The molecule has 0 radical (unpaired) electrons. The van der Waals surface area contributed by atoms with Crippen molar-refractivity contribution in [3.05, 3.63) is 108 Å². The van der Waals surface area contributed by atoms with Gasteiger partial charge < -0.3 is 4.74 Å². The van der Waals surface area contributed by atoms with Crippen LogP contribution >= 0.6 is 7.29 Å². The molecule has 5 heteroatoms. The molecule has 3 aromatic carbocycles. The molecule has 0 saturated carbocycles. The quantitative estimate of drug-likeness (QED) is 0.508. The molecule has 3 aromatic rings. The molecule has 30 heavy (non-hydrogen) atoms. The van der Waals surface area contributed by atoms with E-state index in [4.69, 9.17) is 4.74 Å². The van der Waals surface area contributed by atoms with E-state index in [1.165, 1.54) is 11.6 Å². The van der Waals surface area contributed by atoms with E-state index in [9.17, 15) is 9.36 Å². The average molecular weight is 415 g/mol. The summed E-state index contributed by atoms with van der Waals surface area (Å²) in [7, 11) is -3.24. The maximum atomic E-state index is 14.7. The van der Waals surface area contributed by atoms with Crippen LogP contribution in [0.25, 0.3) is 0 Å². The van der Waals surface area contributed by atoms with Gasteiger partial charge in [0.05, 0.1) is 5.54 Å². The molecule has 5 rings (SSSR count). The van der Waals surface area contributed by atoms with E-state index >= 15 is 0 Å². The molecule has 0 unspecified atom stereocenters. The summed E-state index contributed by atoms with van der Waals surface area (Å²) in [6.07, 6.45) is 4.25. The first kappa shape index (κ1) is 19.0. The van der Waals surface area contributed by atoms with Crippen LogP contribution in [0.3, 0.4) is 0 Å². The summed E-state index contributed by atoms with van der Waals surface area (Å²) in [4.78, 5) is 12.0. The highest BCUT2D eigenvalue weighted by molar-refractivity contribution is 7.77. The van der Waals surface area contributed by atoms with E-state index < -0.39 is 18.9 Å². The fourth-order valence-electron chi connectivity index (χ4n) is 4.58. The van der Waals surface area contributed by atoms with E-state index in [1.54, 1.807) is 6.08 Å². The van der Waals surface area contributed by atoms with Gasteiger partial charge in [0, 0.05) is 16.7 Å². The monoisotopic (exact) mass is 415 g/mol. The van der Waals surface area contributed by atoms with E-state index in [-0.39, 0.29) is 5.97 Å². The topological polar surface area (TPSA) is 55.4 Å². The fourth-order valence-corrected chi connectivity index (χ4v) is 7.25. The van der Waals surface area contributed by atoms with Gasteiger partial charge in [-0.2, -0.15) is 0 Å². The van der Waals surface area contributed by atoms with Crippen LogP contribution in [0.4, 0.5) is 0 Å². The number of hydrogen-bond acceptors (Lipinski definition) is 3. The molecule has 1 aliphatic heterocycles. The van der Waals surface area contributed by atoms with Crippen LogP contribution in [0.1, 0.15) is 17.5 Å². The Kier molecular flexibility index (Phi) is 4.69. The van der Waals surface area contributed by atoms with Crippen LogP contribution < -0.4 is 15.7 Å². The van der Waals surface area contributed by atoms with Crippen molar-refractivity contribution in [3.8, 4) is 0 Å². The Morgan fingerprint density at radius 3 is 2.07 bits per heavy atom. The van der Waals surface area contributed by atoms with E-state index in [0.717, 1.165) is 22.6 Å². The zero-order valence-electron chi connectivity index (χ0n) is 16.4. The third kappa shape index (κ3) is 3.04. The lowest BCUT2D eigenvalue weighted by molar-refractivity contribution is -0.141. The van der Waals surface area contributed by atoms with Crippen molar-refractivity contribution in [2.45, 2.75) is 24.5 Å². The van der Waals surface area contributed by atoms with Gasteiger partial charge in [-0.3, -0.25) is 4.57 Å². The van der Waals surface area contributed by atoms with Gasteiger partial charge >= 0.3 is 5.97 Å². The van der Waals surface area contributed by atoms with Crippen LogP contribution in [-0.4, -0.2) is 12.1 Å². The zero-order valence-corrected chi connectivity index (χ0v) is 17.3. The smallest absolute Gasteiger partial charge is 0.331 e. The Labute approximate surface area is 176 Å². The summed E-state index contributed by atoms with van der Waals surface area (Å²) in [6, 6.07) is 27.2. The van der Waals surface area contributed by atoms with Crippen molar-refractivity contribution < 1.29 is 14.1 Å². The Morgan fingerprint density at radius 2 is 1.47 bits per heavy atom. The Bertz CT molecular complexity index is 1120. The molecule has 2 aliphatic rings. The Morgan fingerprint density at radius 1 is 0.867 bits per heavy atom. The van der Waals surface area contributed by atoms with Gasteiger partial charge in [-0.25, -0.2) is 9.88 Å². The number of carbonyl (C=O) groups excluding carboxylic acids is 1. The molecular formula is C25H22NO3P. The van der Waals surface area contributed by atoms with Crippen molar-refractivity contribution >= 4 is 23.9 Å². The van der Waals surface area contributed by atoms with Gasteiger partial charge in [0.1, 0.15) is 6.10 Å². The molecule has 150 valence electrons. The highest BCUT2D eigenvalue weighted by Gasteiger charge is 2.51. The Balaban J connectivity index is 1.69. The molecule has 1 aliphatic carbocycles. The predicted octanol–water partition coefficient (Wildman–Crippen LogP) is 3.83. The summed E-state index contributed by atoms with van der Waals surface area (Å²) in [5.41, 5.74) is 1.47. The van der Waals surface area contributed by atoms with Crippen LogP contribution in [-0.2, 0) is 26.1 Å². The summed E-state index contributed by atoms with van der Waals surface area (Å²) in [5.74, 6) is -0.361. The molecule has 0 fully saturated rings. The molecule has 0 amide bonds. The Hall–Kier alpha value is -2.94. The summed E-state index contributed by atoms with van der Waals surface area (Å²) in [5, 5.41) is 5.04. The van der Waals surface area contributed by atoms with Crippen molar-refractivity contribution in [3.63, 3.8) is 0 Å². The molecular weight excluding hydrogens is 393 g/mol. The van der Waals surface area contributed by atoms with Crippen LogP contribution in [0, 0.1) is 0 Å². The van der Waals surface area contributed by atoms with Gasteiger partial charge in [-0.05, 0) is 54.3 Å². The van der Waals surface area contributed by atoms with Crippen molar-refractivity contribution in [1.29, 1.82) is 0 Å². The van der Waals surface area contributed by atoms with Gasteiger partial charge in [-0.15, -0.1) is 0 Å². The van der Waals surface area contributed by atoms with Gasteiger partial charge in [0.2, 0.25) is 7.29 Å². The van der Waals surface area contributed by atoms with Crippen molar-refractivity contribution in [1.82, 2.24) is 5.09 Å². The van der Waals surface area contributed by atoms with Crippen LogP contribution in [0.15, 0.2) is 97.1 Å². The second-order valence-corrected chi connectivity index (χ2v) is 10.2. The lowest BCUT2D eigenvalue weighted by atomic mass is 9.87. The van der Waals surface area contributed by atoms with E-state index in [2.05, 4.69) is 17.2 Å². The van der Waals surface area contributed by atoms with Crippen molar-refractivity contribution in [2.75, 3.05) is 0 Å². The lowest BCUT2D eigenvalue weighted by Gasteiger charge is -2.39. The van der Waals surface area contributed by atoms with Crippen LogP contribution in [0.5, 0.6) is 0 Å². The molecule has 2 atom stereocenters. The molecule has 0 saturated heterocycles. The lowest BCUT2D eigenvalue weighted by Crippen LogP contribution is -2.51. The number of nitrogens with one attached hydrogen (secondary N) is 1. The van der Waals surface area contributed by atoms with Gasteiger partial charge in [0.25, 0.3) is 0 Å². The highest BCUT2D eigenvalue weighted by Crippen LogP contribution is 2.51. The van der Waals surface area contributed by atoms with Gasteiger partial charge in [-0.1, -0.05) is 60.7 Å². The summed E-state index contributed by atoms with van der Waals surface area (Å²) >= 11 is 0. The number of cyclic esters (lactones) is 1. The third-order valence-corrected chi connectivity index (χ3v) is 8.78. The molecule has 0 bridgehead atoms. The summed E-state index contributed by atoms with van der Waals surface area (Å²) in [6.45, 7) is 0. The van der Waals surface area contributed by atoms with E-state index in [1.807, 2.05) is 72.8 Å². The number of fused-ring (bicyclic) bond motifs is 1. The number of aryl methyl sites for hydroxylation is 1. The normalized spacial score (nSPS) is 22.7. The molecule has 4 nitrogen and oxygen atoms in total. The fraction of sp³-hybridized carbons (Fsp3) is 0.160. The predicted molar refractivity (Wildman–Crippen MR) is 118 cm³/mol. The first-order valence-corrected chi connectivity index (χ1v) is 11.8. The first-order valence-electron chi connectivity index (χ1n) is 10.1. The number of ether oxygens (including phenoxy) is 1. The minimum atomic E-state index is -3.24. The number of carbonyl (C=O) groups is 1. The maximum Gasteiger partial charge on any atom is 0.331 e. The second-order valence-electron chi connectivity index (χ2n) is 7.74. The second kappa shape index (κ2) is 7.39.